The van der Waals surface area contributed by atoms with Crippen molar-refractivity contribution in [2.24, 2.45) is 0 Å². The molecule has 162 valence electrons. The van der Waals surface area contributed by atoms with Crippen molar-refractivity contribution in [2.75, 3.05) is 47.1 Å². The van der Waals surface area contributed by atoms with Crippen LogP contribution < -0.4 is 14.8 Å². The van der Waals surface area contributed by atoms with E-state index in [2.05, 4.69) is 10.2 Å². The molecule has 1 aliphatic heterocycles. The van der Waals surface area contributed by atoms with Crippen LogP contribution in [0, 0.1) is 5.82 Å². The van der Waals surface area contributed by atoms with Gasteiger partial charge in [-0.05, 0) is 41.8 Å². The zero-order valence-corrected chi connectivity index (χ0v) is 17.5. The standard InChI is InChI=1S/C23H29FN2O4/c1-28-21-8-7-18(15-22(21)29-2)20(26-10-12-30-13-11-26)16-25-23(27)9-6-17-4-3-5-19(24)14-17/h3-5,7-8,14-15,20H,6,9-13,16H2,1-2H3,(H,25,27). The van der Waals surface area contributed by atoms with Gasteiger partial charge in [0, 0.05) is 26.1 Å². The van der Waals surface area contributed by atoms with Crippen LogP contribution in [0.2, 0.25) is 0 Å². The fourth-order valence-corrected chi connectivity index (χ4v) is 3.66. The molecule has 0 bridgehead atoms. The molecule has 0 aromatic heterocycles. The number of amides is 1. The average molecular weight is 416 g/mol. The smallest absolute Gasteiger partial charge is 0.220 e. The molecule has 1 N–H and O–H groups in total. The summed E-state index contributed by atoms with van der Waals surface area (Å²) >= 11 is 0. The van der Waals surface area contributed by atoms with E-state index in [0.29, 0.717) is 44.1 Å². The first-order valence-corrected chi connectivity index (χ1v) is 10.2. The van der Waals surface area contributed by atoms with Crippen molar-refractivity contribution in [1.82, 2.24) is 10.2 Å². The molecular formula is C23H29FN2O4. The largest absolute Gasteiger partial charge is 0.493 e. The maximum atomic E-state index is 13.3. The minimum atomic E-state index is -0.284. The average Bonchev–Trinajstić information content (AvgIpc) is 2.78. The van der Waals surface area contributed by atoms with Crippen molar-refractivity contribution < 1.29 is 23.4 Å². The van der Waals surface area contributed by atoms with Crippen LogP contribution in [-0.2, 0) is 16.0 Å². The van der Waals surface area contributed by atoms with E-state index >= 15 is 0 Å². The number of nitrogens with zero attached hydrogens (tertiary/aromatic N) is 1. The van der Waals surface area contributed by atoms with Gasteiger partial charge < -0.3 is 19.5 Å². The Labute approximate surface area is 176 Å². The number of rotatable bonds is 9. The normalized spacial score (nSPS) is 15.4. The summed E-state index contributed by atoms with van der Waals surface area (Å²) in [6.45, 7) is 3.38. The molecule has 3 rings (SSSR count). The zero-order valence-electron chi connectivity index (χ0n) is 17.5. The van der Waals surface area contributed by atoms with Gasteiger partial charge in [-0.3, -0.25) is 9.69 Å². The highest BCUT2D eigenvalue weighted by Crippen LogP contribution is 2.32. The highest BCUT2D eigenvalue weighted by Gasteiger charge is 2.24. The summed E-state index contributed by atoms with van der Waals surface area (Å²) in [7, 11) is 3.22. The van der Waals surface area contributed by atoms with E-state index < -0.39 is 0 Å². The van der Waals surface area contributed by atoms with Gasteiger partial charge in [0.25, 0.3) is 0 Å². The van der Waals surface area contributed by atoms with E-state index in [9.17, 15) is 9.18 Å². The number of benzene rings is 2. The van der Waals surface area contributed by atoms with Crippen molar-refractivity contribution in [1.29, 1.82) is 0 Å². The molecule has 2 aromatic carbocycles. The van der Waals surface area contributed by atoms with Crippen LogP contribution in [0.25, 0.3) is 0 Å². The number of hydrogen-bond donors (Lipinski definition) is 1. The molecule has 0 aliphatic carbocycles. The van der Waals surface area contributed by atoms with Crippen molar-refractivity contribution >= 4 is 5.91 Å². The minimum Gasteiger partial charge on any atom is -0.493 e. The number of nitrogens with one attached hydrogen (secondary N) is 1. The molecule has 6 nitrogen and oxygen atoms in total. The Kier molecular flexibility index (Phi) is 8.04. The maximum Gasteiger partial charge on any atom is 0.220 e. The van der Waals surface area contributed by atoms with E-state index in [1.807, 2.05) is 24.3 Å². The molecule has 1 amide bonds. The van der Waals surface area contributed by atoms with Crippen LogP contribution in [-0.4, -0.2) is 57.9 Å². The van der Waals surface area contributed by atoms with E-state index in [-0.39, 0.29) is 17.8 Å². The van der Waals surface area contributed by atoms with Gasteiger partial charge >= 0.3 is 0 Å². The second-order valence-corrected chi connectivity index (χ2v) is 7.21. The van der Waals surface area contributed by atoms with E-state index in [4.69, 9.17) is 14.2 Å². The monoisotopic (exact) mass is 416 g/mol. The molecule has 1 unspecified atom stereocenters. The minimum absolute atomic E-state index is 0.00757. The Morgan fingerprint density at radius 1 is 1.13 bits per heavy atom. The lowest BCUT2D eigenvalue weighted by Gasteiger charge is -2.35. The molecule has 0 saturated carbocycles. The predicted molar refractivity (Wildman–Crippen MR) is 112 cm³/mol. The fraction of sp³-hybridized carbons (Fsp3) is 0.435. The summed E-state index contributed by atoms with van der Waals surface area (Å²) in [5.74, 6) is 0.985. The molecule has 0 spiro atoms. The summed E-state index contributed by atoms with van der Waals surface area (Å²) in [4.78, 5) is 14.8. The van der Waals surface area contributed by atoms with Gasteiger partial charge in [0.05, 0.1) is 33.5 Å². The molecule has 1 aliphatic rings. The van der Waals surface area contributed by atoms with Crippen LogP contribution in [0.4, 0.5) is 4.39 Å². The number of carbonyl (C=O) groups is 1. The van der Waals surface area contributed by atoms with Crippen LogP contribution in [0.5, 0.6) is 11.5 Å². The molecule has 1 fully saturated rings. The third kappa shape index (κ3) is 5.93. The van der Waals surface area contributed by atoms with Crippen LogP contribution in [0.1, 0.15) is 23.6 Å². The first-order chi connectivity index (χ1) is 14.6. The van der Waals surface area contributed by atoms with Gasteiger partial charge in [-0.15, -0.1) is 0 Å². The zero-order chi connectivity index (χ0) is 21.3. The molecule has 1 heterocycles. The Morgan fingerprint density at radius 2 is 1.90 bits per heavy atom. The topological polar surface area (TPSA) is 60.0 Å². The Bertz CT molecular complexity index is 840. The highest BCUT2D eigenvalue weighted by atomic mass is 19.1. The molecule has 30 heavy (non-hydrogen) atoms. The molecule has 1 atom stereocenters. The van der Waals surface area contributed by atoms with Gasteiger partial charge in [-0.25, -0.2) is 4.39 Å². The van der Waals surface area contributed by atoms with Crippen LogP contribution >= 0.6 is 0 Å². The summed E-state index contributed by atoms with van der Waals surface area (Å²) in [6.07, 6.45) is 0.813. The summed E-state index contributed by atoms with van der Waals surface area (Å²) in [6, 6.07) is 12.2. The van der Waals surface area contributed by atoms with Crippen molar-refractivity contribution in [3.8, 4) is 11.5 Å². The highest BCUT2D eigenvalue weighted by molar-refractivity contribution is 5.76. The SMILES string of the molecule is COc1ccc(C(CNC(=O)CCc2cccc(F)c2)N2CCOCC2)cc1OC. The van der Waals surface area contributed by atoms with Crippen LogP contribution in [0.15, 0.2) is 42.5 Å². The lowest BCUT2D eigenvalue weighted by atomic mass is 10.0. The van der Waals surface area contributed by atoms with E-state index in [1.54, 1.807) is 20.3 Å². The predicted octanol–water partition coefficient (Wildman–Crippen LogP) is 2.97. The second kappa shape index (κ2) is 10.9. The quantitative estimate of drug-likeness (QED) is 0.681. The molecule has 2 aromatic rings. The summed E-state index contributed by atoms with van der Waals surface area (Å²) in [5.41, 5.74) is 1.86. The third-order valence-electron chi connectivity index (χ3n) is 5.30. The Balaban J connectivity index is 1.66. The summed E-state index contributed by atoms with van der Waals surface area (Å²) in [5, 5.41) is 3.04. The number of aryl methyl sites for hydroxylation is 1. The molecule has 1 saturated heterocycles. The number of hydrogen-bond acceptors (Lipinski definition) is 5. The third-order valence-corrected chi connectivity index (χ3v) is 5.30. The lowest BCUT2D eigenvalue weighted by Crippen LogP contribution is -2.43. The van der Waals surface area contributed by atoms with Crippen molar-refractivity contribution in [3.05, 3.63) is 59.4 Å². The van der Waals surface area contributed by atoms with Gasteiger partial charge in [-0.1, -0.05) is 18.2 Å². The first kappa shape index (κ1) is 22.1. The van der Waals surface area contributed by atoms with Crippen molar-refractivity contribution in [3.63, 3.8) is 0 Å². The van der Waals surface area contributed by atoms with Gasteiger partial charge in [0.2, 0.25) is 5.91 Å². The number of methoxy groups -OCH3 is 2. The van der Waals surface area contributed by atoms with Crippen molar-refractivity contribution in [2.45, 2.75) is 18.9 Å². The van der Waals surface area contributed by atoms with E-state index in [0.717, 1.165) is 24.2 Å². The number of morpholine rings is 1. The second-order valence-electron chi connectivity index (χ2n) is 7.21. The van der Waals surface area contributed by atoms with Gasteiger partial charge in [0.1, 0.15) is 5.82 Å². The number of halogens is 1. The van der Waals surface area contributed by atoms with Gasteiger partial charge in [0.15, 0.2) is 11.5 Å². The maximum absolute atomic E-state index is 13.3. The first-order valence-electron chi connectivity index (χ1n) is 10.2. The fourth-order valence-electron chi connectivity index (χ4n) is 3.66. The Morgan fingerprint density at radius 3 is 2.60 bits per heavy atom. The van der Waals surface area contributed by atoms with E-state index in [1.165, 1.54) is 12.1 Å². The lowest BCUT2D eigenvalue weighted by molar-refractivity contribution is -0.121. The molecule has 7 heteroatoms. The molecular weight excluding hydrogens is 387 g/mol. The number of carbonyl (C=O) groups excluding carboxylic acids is 1. The van der Waals surface area contributed by atoms with Gasteiger partial charge in [-0.2, -0.15) is 0 Å². The molecule has 0 radical (unpaired) electrons. The Hall–Kier alpha value is -2.64. The summed E-state index contributed by atoms with van der Waals surface area (Å²) < 4.78 is 29.6. The number of ether oxygens (including phenoxy) is 3. The van der Waals surface area contributed by atoms with Crippen LogP contribution in [0.3, 0.4) is 0 Å².